The van der Waals surface area contributed by atoms with Crippen molar-refractivity contribution in [1.82, 2.24) is 9.55 Å². The van der Waals surface area contributed by atoms with Gasteiger partial charge in [-0.15, -0.1) is 0 Å². The van der Waals surface area contributed by atoms with Crippen LogP contribution in [0.2, 0.25) is 0 Å². The van der Waals surface area contributed by atoms with Crippen molar-refractivity contribution in [2.75, 3.05) is 0 Å². The molecule has 0 saturated carbocycles. The van der Waals surface area contributed by atoms with E-state index in [2.05, 4.69) is 65.2 Å². The van der Waals surface area contributed by atoms with Crippen molar-refractivity contribution >= 4 is 45.5 Å². The molecule has 2 aromatic heterocycles. The van der Waals surface area contributed by atoms with E-state index in [1.807, 2.05) is 32.2 Å². The molecular weight excluding hydrogens is 395 g/mol. The SMILES string of the molecule is CC(C)(O)C(C)(C)OBc1ccc(-n2c3ccccc3c3c4ccccc4ccc32)nc1. The van der Waals surface area contributed by atoms with Gasteiger partial charge in [-0.1, -0.05) is 54.6 Å². The second kappa shape index (κ2) is 7.47. The minimum absolute atomic E-state index is 0.391. The summed E-state index contributed by atoms with van der Waals surface area (Å²) >= 11 is 0. The van der Waals surface area contributed by atoms with Gasteiger partial charge in [-0.25, -0.2) is 4.98 Å². The third-order valence-corrected chi connectivity index (χ3v) is 6.67. The van der Waals surface area contributed by atoms with Gasteiger partial charge in [-0.2, -0.15) is 0 Å². The Morgan fingerprint density at radius 2 is 1.53 bits per heavy atom. The third kappa shape index (κ3) is 3.38. The Hall–Kier alpha value is -3.15. The van der Waals surface area contributed by atoms with Crippen LogP contribution >= 0.6 is 0 Å². The van der Waals surface area contributed by atoms with Gasteiger partial charge >= 0.3 is 7.48 Å². The molecule has 0 spiro atoms. The van der Waals surface area contributed by atoms with Crippen LogP contribution in [0.15, 0.2) is 79.0 Å². The fourth-order valence-corrected chi connectivity index (χ4v) is 4.06. The summed E-state index contributed by atoms with van der Waals surface area (Å²) in [5.41, 5.74) is 1.64. The van der Waals surface area contributed by atoms with Gasteiger partial charge in [0.05, 0.1) is 22.2 Å². The lowest BCUT2D eigenvalue weighted by Gasteiger charge is -2.37. The highest BCUT2D eigenvalue weighted by Crippen LogP contribution is 2.36. The number of pyridine rings is 1. The Morgan fingerprint density at radius 3 is 2.25 bits per heavy atom. The summed E-state index contributed by atoms with van der Waals surface area (Å²) in [6, 6.07) is 25.4. The second-order valence-electron chi connectivity index (χ2n) is 9.42. The highest BCUT2D eigenvalue weighted by atomic mass is 16.5. The van der Waals surface area contributed by atoms with E-state index >= 15 is 0 Å². The summed E-state index contributed by atoms with van der Waals surface area (Å²) < 4.78 is 8.23. The van der Waals surface area contributed by atoms with E-state index in [0.29, 0.717) is 7.48 Å². The third-order valence-electron chi connectivity index (χ3n) is 6.67. The molecule has 0 unspecified atom stereocenters. The number of aliphatic hydroxyl groups is 1. The molecule has 5 aromatic rings. The summed E-state index contributed by atoms with van der Waals surface area (Å²) in [5, 5.41) is 15.3. The van der Waals surface area contributed by atoms with Crippen molar-refractivity contribution in [3.8, 4) is 5.82 Å². The molecule has 0 aliphatic carbocycles. The van der Waals surface area contributed by atoms with Crippen molar-refractivity contribution in [3.63, 3.8) is 0 Å². The molecule has 0 fully saturated rings. The zero-order chi connectivity index (χ0) is 22.5. The Morgan fingerprint density at radius 1 is 0.812 bits per heavy atom. The molecule has 1 N–H and O–H groups in total. The second-order valence-corrected chi connectivity index (χ2v) is 9.42. The molecule has 3 aromatic carbocycles. The Kier molecular flexibility index (Phi) is 4.84. The molecule has 0 radical (unpaired) electrons. The molecule has 0 bridgehead atoms. The van der Waals surface area contributed by atoms with Crippen LogP contribution in [-0.4, -0.2) is 33.3 Å². The number of hydrogen-bond donors (Lipinski definition) is 1. The van der Waals surface area contributed by atoms with Gasteiger partial charge in [-0.3, -0.25) is 4.57 Å². The molecule has 2 heterocycles. The normalized spacial score (nSPS) is 12.7. The zero-order valence-corrected chi connectivity index (χ0v) is 19.0. The topological polar surface area (TPSA) is 47.3 Å². The number of fused-ring (bicyclic) bond motifs is 5. The molecular formula is C27H27BN2O2. The van der Waals surface area contributed by atoms with Crippen LogP contribution in [0.25, 0.3) is 38.4 Å². The Bertz CT molecular complexity index is 1430. The summed E-state index contributed by atoms with van der Waals surface area (Å²) in [6.45, 7) is 7.33. The molecule has 160 valence electrons. The minimum atomic E-state index is -0.938. The molecule has 5 rings (SSSR count). The van der Waals surface area contributed by atoms with Crippen molar-refractivity contribution in [2.24, 2.45) is 0 Å². The van der Waals surface area contributed by atoms with Crippen molar-refractivity contribution in [2.45, 2.75) is 38.9 Å². The van der Waals surface area contributed by atoms with Gasteiger partial charge < -0.3 is 9.76 Å². The highest BCUT2D eigenvalue weighted by molar-refractivity contribution is 6.46. The fourth-order valence-electron chi connectivity index (χ4n) is 4.06. The van der Waals surface area contributed by atoms with Crippen LogP contribution < -0.4 is 5.46 Å². The first kappa shape index (κ1) is 20.7. The summed E-state index contributed by atoms with van der Waals surface area (Å²) in [4.78, 5) is 4.78. The van der Waals surface area contributed by atoms with Crippen LogP contribution in [0.3, 0.4) is 0 Å². The number of hydrogen-bond acceptors (Lipinski definition) is 3. The lowest BCUT2D eigenvalue weighted by Crippen LogP contribution is -2.49. The highest BCUT2D eigenvalue weighted by Gasteiger charge is 2.35. The number of para-hydroxylation sites is 1. The summed E-state index contributed by atoms with van der Waals surface area (Å²) in [7, 11) is 0.391. The fraction of sp³-hybridized carbons (Fsp3) is 0.222. The molecule has 4 nitrogen and oxygen atoms in total. The maximum absolute atomic E-state index is 10.3. The van der Waals surface area contributed by atoms with Gasteiger partial charge in [0.15, 0.2) is 0 Å². The van der Waals surface area contributed by atoms with Gasteiger partial charge in [0, 0.05) is 17.0 Å². The molecule has 0 aliphatic rings. The van der Waals surface area contributed by atoms with Crippen LogP contribution in [-0.2, 0) is 4.65 Å². The maximum atomic E-state index is 10.3. The van der Waals surface area contributed by atoms with Crippen LogP contribution in [0.4, 0.5) is 0 Å². The first-order valence-corrected chi connectivity index (χ1v) is 11.0. The number of benzene rings is 3. The average Bonchev–Trinajstić information content (AvgIpc) is 3.12. The standard InChI is InChI=1S/C27H27BN2O2/c1-26(2,31)27(3,4)32-28-19-14-16-24(29-17-19)30-22-12-8-7-11-21(22)25-20-10-6-5-9-18(20)13-15-23(25)30/h5-17,28,31H,1-4H3. The van der Waals surface area contributed by atoms with Crippen molar-refractivity contribution in [3.05, 3.63) is 79.0 Å². The largest absolute Gasteiger partial charge is 0.427 e. The quantitative estimate of drug-likeness (QED) is 0.411. The lowest BCUT2D eigenvalue weighted by molar-refractivity contribution is -0.0893. The first-order valence-electron chi connectivity index (χ1n) is 11.0. The molecule has 0 atom stereocenters. The Labute approximate surface area is 188 Å². The summed E-state index contributed by atoms with van der Waals surface area (Å²) in [5.74, 6) is 0.872. The minimum Gasteiger partial charge on any atom is -0.427 e. The van der Waals surface area contributed by atoms with Crippen molar-refractivity contribution in [1.29, 1.82) is 0 Å². The molecule has 5 heteroatoms. The van der Waals surface area contributed by atoms with E-state index in [1.165, 1.54) is 21.5 Å². The van der Waals surface area contributed by atoms with Gasteiger partial charge in [0.25, 0.3) is 0 Å². The number of aromatic nitrogens is 2. The number of nitrogens with zero attached hydrogens (tertiary/aromatic N) is 2. The van der Waals surface area contributed by atoms with Crippen LogP contribution in [0, 0.1) is 0 Å². The molecule has 32 heavy (non-hydrogen) atoms. The lowest BCUT2D eigenvalue weighted by atomic mass is 9.83. The zero-order valence-electron chi connectivity index (χ0n) is 19.0. The van der Waals surface area contributed by atoms with Crippen LogP contribution in [0.1, 0.15) is 27.7 Å². The predicted octanol–water partition coefficient (Wildman–Crippen LogP) is 4.87. The predicted molar refractivity (Wildman–Crippen MR) is 134 cm³/mol. The summed E-state index contributed by atoms with van der Waals surface area (Å²) in [6.07, 6.45) is 1.86. The smallest absolute Gasteiger partial charge is 0.311 e. The van der Waals surface area contributed by atoms with Gasteiger partial charge in [-0.05, 0) is 62.1 Å². The molecule has 0 aliphatic heterocycles. The Balaban J connectivity index is 1.58. The number of rotatable bonds is 5. The van der Waals surface area contributed by atoms with Gasteiger partial charge in [0.1, 0.15) is 5.82 Å². The van der Waals surface area contributed by atoms with E-state index in [-0.39, 0.29) is 0 Å². The maximum Gasteiger partial charge on any atom is 0.311 e. The monoisotopic (exact) mass is 422 g/mol. The average molecular weight is 422 g/mol. The van der Waals surface area contributed by atoms with Crippen LogP contribution in [0.5, 0.6) is 0 Å². The van der Waals surface area contributed by atoms with E-state index in [0.717, 1.165) is 22.3 Å². The van der Waals surface area contributed by atoms with E-state index in [4.69, 9.17) is 9.64 Å². The van der Waals surface area contributed by atoms with Crippen molar-refractivity contribution < 1.29 is 9.76 Å². The van der Waals surface area contributed by atoms with E-state index in [1.54, 1.807) is 13.8 Å². The van der Waals surface area contributed by atoms with E-state index in [9.17, 15) is 5.11 Å². The molecule has 0 saturated heterocycles. The van der Waals surface area contributed by atoms with E-state index < -0.39 is 11.2 Å². The van der Waals surface area contributed by atoms with Gasteiger partial charge in [0.2, 0.25) is 0 Å². The first-order chi connectivity index (χ1) is 15.3. The molecule has 0 amide bonds.